The molecule has 136 valence electrons. The Kier molecular flexibility index (Phi) is 5.11. The van der Waals surface area contributed by atoms with Gasteiger partial charge in [0.1, 0.15) is 12.1 Å². The molecule has 2 heterocycles. The number of nitrogens with one attached hydrogen (secondary N) is 1. The highest BCUT2D eigenvalue weighted by Gasteiger charge is 2.24. The number of hydrogen-bond donors (Lipinski definition) is 1. The number of ether oxygens (including phenoxy) is 1. The third kappa shape index (κ3) is 3.85. The zero-order valence-electron chi connectivity index (χ0n) is 14.9. The van der Waals surface area contributed by atoms with Crippen molar-refractivity contribution in [1.29, 1.82) is 0 Å². The number of aryl methyl sites for hydroxylation is 1. The minimum atomic E-state index is 0.0467. The summed E-state index contributed by atoms with van der Waals surface area (Å²) in [7, 11) is 0. The molecule has 1 atom stereocenters. The SMILES string of the molecule is O=C(NCc1cc(N2CCOCC2)ncn1)[C@@H]1CCc2ccccc2C1. The van der Waals surface area contributed by atoms with Gasteiger partial charge < -0.3 is 15.0 Å². The summed E-state index contributed by atoms with van der Waals surface area (Å²) in [5, 5.41) is 3.06. The minimum absolute atomic E-state index is 0.0467. The topological polar surface area (TPSA) is 67.4 Å². The van der Waals surface area contributed by atoms with E-state index in [0.717, 1.165) is 57.1 Å². The average molecular weight is 352 g/mol. The van der Waals surface area contributed by atoms with Gasteiger partial charge in [0.15, 0.2) is 0 Å². The lowest BCUT2D eigenvalue weighted by molar-refractivity contribution is -0.125. The van der Waals surface area contributed by atoms with E-state index in [0.29, 0.717) is 6.54 Å². The molecule has 0 saturated carbocycles. The molecule has 0 unspecified atom stereocenters. The number of amides is 1. The molecule has 1 amide bonds. The first-order valence-electron chi connectivity index (χ1n) is 9.28. The van der Waals surface area contributed by atoms with Crippen molar-refractivity contribution in [3.8, 4) is 0 Å². The van der Waals surface area contributed by atoms with Crippen molar-refractivity contribution < 1.29 is 9.53 Å². The molecule has 1 aromatic heterocycles. The molecular formula is C20H24N4O2. The molecule has 6 heteroatoms. The first-order chi connectivity index (χ1) is 12.8. The van der Waals surface area contributed by atoms with Crippen LogP contribution in [0.3, 0.4) is 0 Å². The van der Waals surface area contributed by atoms with Gasteiger partial charge in [-0.05, 0) is 30.4 Å². The number of fused-ring (bicyclic) bond motifs is 1. The Bertz CT molecular complexity index is 774. The highest BCUT2D eigenvalue weighted by molar-refractivity contribution is 5.79. The Morgan fingerprint density at radius 1 is 1.19 bits per heavy atom. The van der Waals surface area contributed by atoms with E-state index in [-0.39, 0.29) is 11.8 Å². The lowest BCUT2D eigenvalue weighted by Crippen LogP contribution is -2.37. The van der Waals surface area contributed by atoms with E-state index in [1.54, 1.807) is 6.33 Å². The predicted molar refractivity (Wildman–Crippen MR) is 98.9 cm³/mol. The summed E-state index contributed by atoms with van der Waals surface area (Å²) in [6, 6.07) is 10.4. The van der Waals surface area contributed by atoms with Gasteiger partial charge in [-0.1, -0.05) is 24.3 Å². The van der Waals surface area contributed by atoms with Crippen molar-refractivity contribution >= 4 is 11.7 Å². The molecule has 0 spiro atoms. The van der Waals surface area contributed by atoms with E-state index in [9.17, 15) is 4.79 Å². The summed E-state index contributed by atoms with van der Waals surface area (Å²) in [4.78, 5) is 23.4. The van der Waals surface area contributed by atoms with Gasteiger partial charge in [0.2, 0.25) is 5.91 Å². The third-order valence-electron chi connectivity index (χ3n) is 5.21. The van der Waals surface area contributed by atoms with Crippen LogP contribution in [0.5, 0.6) is 0 Å². The van der Waals surface area contributed by atoms with E-state index in [4.69, 9.17) is 4.74 Å². The molecule has 0 radical (unpaired) electrons. The number of hydrogen-bond acceptors (Lipinski definition) is 5. The van der Waals surface area contributed by atoms with Crippen molar-refractivity contribution in [2.24, 2.45) is 5.92 Å². The van der Waals surface area contributed by atoms with Crippen LogP contribution in [-0.4, -0.2) is 42.2 Å². The monoisotopic (exact) mass is 352 g/mol. The van der Waals surface area contributed by atoms with Crippen LogP contribution in [0.1, 0.15) is 23.2 Å². The summed E-state index contributed by atoms with van der Waals surface area (Å²) in [6.45, 7) is 3.56. The standard InChI is InChI=1S/C20H24N4O2/c25-20(17-6-5-15-3-1-2-4-16(15)11-17)21-13-18-12-19(23-14-22-18)24-7-9-26-10-8-24/h1-4,12,14,17H,5-11,13H2,(H,21,25)/t17-/m1/s1. The fourth-order valence-electron chi connectivity index (χ4n) is 3.69. The first-order valence-corrected chi connectivity index (χ1v) is 9.28. The molecule has 2 aromatic rings. The van der Waals surface area contributed by atoms with Crippen molar-refractivity contribution in [3.05, 3.63) is 53.5 Å². The van der Waals surface area contributed by atoms with Gasteiger partial charge in [0, 0.05) is 25.1 Å². The average Bonchev–Trinajstić information content (AvgIpc) is 2.72. The molecule has 6 nitrogen and oxygen atoms in total. The second kappa shape index (κ2) is 7.83. The largest absolute Gasteiger partial charge is 0.378 e. The molecule has 1 N–H and O–H groups in total. The zero-order chi connectivity index (χ0) is 17.8. The lowest BCUT2D eigenvalue weighted by Gasteiger charge is -2.27. The van der Waals surface area contributed by atoms with Crippen LogP contribution < -0.4 is 10.2 Å². The van der Waals surface area contributed by atoms with Crippen LogP contribution in [0.15, 0.2) is 36.7 Å². The molecule has 1 saturated heterocycles. The van der Waals surface area contributed by atoms with E-state index in [2.05, 4.69) is 38.4 Å². The summed E-state index contributed by atoms with van der Waals surface area (Å²) in [6.07, 6.45) is 4.28. The number of nitrogens with zero attached hydrogens (tertiary/aromatic N) is 3. The number of morpholine rings is 1. The molecule has 2 aliphatic rings. The molecular weight excluding hydrogens is 328 g/mol. The summed E-state index contributed by atoms with van der Waals surface area (Å²) in [5.41, 5.74) is 3.52. The Balaban J connectivity index is 1.35. The summed E-state index contributed by atoms with van der Waals surface area (Å²) >= 11 is 0. The Morgan fingerprint density at radius 2 is 2.00 bits per heavy atom. The van der Waals surface area contributed by atoms with Gasteiger partial charge in [-0.3, -0.25) is 4.79 Å². The van der Waals surface area contributed by atoms with Crippen molar-refractivity contribution in [3.63, 3.8) is 0 Å². The van der Waals surface area contributed by atoms with Gasteiger partial charge in [-0.15, -0.1) is 0 Å². The fourth-order valence-corrected chi connectivity index (χ4v) is 3.69. The number of carbonyl (C=O) groups excluding carboxylic acids is 1. The number of anilines is 1. The van der Waals surface area contributed by atoms with E-state index >= 15 is 0 Å². The van der Waals surface area contributed by atoms with E-state index < -0.39 is 0 Å². The number of benzene rings is 1. The van der Waals surface area contributed by atoms with Crippen LogP contribution in [-0.2, 0) is 28.9 Å². The quantitative estimate of drug-likeness (QED) is 0.908. The van der Waals surface area contributed by atoms with E-state index in [1.807, 2.05) is 12.1 Å². The second-order valence-electron chi connectivity index (χ2n) is 6.89. The number of aromatic nitrogens is 2. The van der Waals surface area contributed by atoms with Gasteiger partial charge in [0.25, 0.3) is 0 Å². The summed E-state index contributed by atoms with van der Waals surface area (Å²) in [5.74, 6) is 1.07. The first kappa shape index (κ1) is 17.0. The van der Waals surface area contributed by atoms with Crippen molar-refractivity contribution in [2.75, 3.05) is 31.2 Å². The molecule has 26 heavy (non-hydrogen) atoms. The smallest absolute Gasteiger partial charge is 0.223 e. The second-order valence-corrected chi connectivity index (χ2v) is 6.89. The maximum atomic E-state index is 12.6. The summed E-state index contributed by atoms with van der Waals surface area (Å²) < 4.78 is 5.38. The van der Waals surface area contributed by atoms with Gasteiger partial charge >= 0.3 is 0 Å². The molecule has 1 aromatic carbocycles. The van der Waals surface area contributed by atoms with Crippen LogP contribution in [0, 0.1) is 5.92 Å². The third-order valence-corrected chi connectivity index (χ3v) is 5.21. The van der Waals surface area contributed by atoms with Crippen LogP contribution in [0.4, 0.5) is 5.82 Å². The fraction of sp³-hybridized carbons (Fsp3) is 0.450. The highest BCUT2D eigenvalue weighted by atomic mass is 16.5. The van der Waals surface area contributed by atoms with Crippen LogP contribution in [0.2, 0.25) is 0 Å². The molecule has 0 bridgehead atoms. The number of rotatable bonds is 4. The lowest BCUT2D eigenvalue weighted by atomic mass is 9.83. The molecule has 1 fully saturated rings. The number of carbonyl (C=O) groups is 1. The Hall–Kier alpha value is -2.47. The molecule has 4 rings (SSSR count). The van der Waals surface area contributed by atoms with Crippen LogP contribution >= 0.6 is 0 Å². The Morgan fingerprint density at radius 3 is 2.85 bits per heavy atom. The minimum Gasteiger partial charge on any atom is -0.378 e. The molecule has 1 aliphatic heterocycles. The maximum Gasteiger partial charge on any atom is 0.223 e. The normalized spacial score (nSPS) is 19.7. The highest BCUT2D eigenvalue weighted by Crippen LogP contribution is 2.25. The van der Waals surface area contributed by atoms with Crippen molar-refractivity contribution in [1.82, 2.24) is 15.3 Å². The van der Waals surface area contributed by atoms with Crippen LogP contribution in [0.25, 0.3) is 0 Å². The predicted octanol–water partition coefficient (Wildman–Crippen LogP) is 1.73. The maximum absolute atomic E-state index is 12.6. The van der Waals surface area contributed by atoms with E-state index in [1.165, 1.54) is 11.1 Å². The molecule has 1 aliphatic carbocycles. The van der Waals surface area contributed by atoms with Gasteiger partial charge in [-0.2, -0.15) is 0 Å². The zero-order valence-corrected chi connectivity index (χ0v) is 14.9. The van der Waals surface area contributed by atoms with Crippen molar-refractivity contribution in [2.45, 2.75) is 25.8 Å². The Labute approximate surface area is 153 Å². The van der Waals surface area contributed by atoms with Gasteiger partial charge in [0.05, 0.1) is 25.5 Å². The van der Waals surface area contributed by atoms with Gasteiger partial charge in [-0.25, -0.2) is 9.97 Å².